The summed E-state index contributed by atoms with van der Waals surface area (Å²) in [6, 6.07) is 5.05. The summed E-state index contributed by atoms with van der Waals surface area (Å²) in [6.45, 7) is 8.57. The summed E-state index contributed by atoms with van der Waals surface area (Å²) >= 11 is 0. The molecule has 2 rings (SSSR count). The van der Waals surface area contributed by atoms with Gasteiger partial charge in [0.15, 0.2) is 0 Å². The summed E-state index contributed by atoms with van der Waals surface area (Å²) in [6.07, 6.45) is 6.59. The molecule has 35 heavy (non-hydrogen) atoms. The highest BCUT2D eigenvalue weighted by atomic mass is 16.2. The van der Waals surface area contributed by atoms with Crippen LogP contribution >= 0.6 is 0 Å². The molecule has 2 aromatic heterocycles. The number of amides is 4. The maximum absolute atomic E-state index is 12.6. The third-order valence-electron chi connectivity index (χ3n) is 5.34. The Morgan fingerprint density at radius 3 is 1.31 bits per heavy atom. The molecule has 188 valence electrons. The fourth-order valence-corrected chi connectivity index (χ4v) is 3.40. The van der Waals surface area contributed by atoms with Crippen LogP contribution < -0.4 is 21.3 Å². The van der Waals surface area contributed by atoms with E-state index in [1.165, 1.54) is 49.1 Å². The minimum absolute atomic E-state index is 0.0402. The van der Waals surface area contributed by atoms with E-state index in [9.17, 15) is 19.2 Å². The van der Waals surface area contributed by atoms with E-state index in [1.54, 1.807) is 0 Å². The lowest BCUT2D eigenvalue weighted by atomic mass is 10.0. The maximum Gasteiger partial charge on any atom is 0.257 e. The molecule has 0 aromatic carbocycles. The monoisotopic (exact) mass is 482 g/mol. The molecule has 4 N–H and O–H groups in total. The summed E-state index contributed by atoms with van der Waals surface area (Å²) in [4.78, 5) is 57.5. The first kappa shape index (κ1) is 27.7. The van der Waals surface area contributed by atoms with Crippen LogP contribution in [0.5, 0.6) is 0 Å². The van der Waals surface area contributed by atoms with Crippen LogP contribution in [0.1, 0.15) is 54.8 Å². The summed E-state index contributed by atoms with van der Waals surface area (Å²) in [5.41, 5.74) is 0.723. The molecule has 4 amide bonds. The molecule has 0 saturated carbocycles. The smallest absolute Gasteiger partial charge is 0.257 e. The van der Waals surface area contributed by atoms with Crippen molar-refractivity contribution in [1.29, 1.82) is 0 Å². The van der Waals surface area contributed by atoms with Gasteiger partial charge in [-0.3, -0.25) is 39.8 Å². The summed E-state index contributed by atoms with van der Waals surface area (Å²) < 4.78 is 0. The van der Waals surface area contributed by atoms with Gasteiger partial charge in [-0.15, -0.1) is 0 Å². The largest absolute Gasteiger partial charge is 0.306 e. The van der Waals surface area contributed by atoms with Gasteiger partial charge in [0.1, 0.15) is 0 Å². The van der Waals surface area contributed by atoms with Gasteiger partial charge in [-0.1, -0.05) is 27.7 Å². The van der Waals surface area contributed by atoms with E-state index in [-0.39, 0.29) is 11.8 Å². The van der Waals surface area contributed by atoms with Gasteiger partial charge in [-0.2, -0.15) is 0 Å². The van der Waals surface area contributed by atoms with Gasteiger partial charge in [-0.05, 0) is 55.6 Å². The molecule has 0 radical (unpaired) electrons. The minimum atomic E-state index is -0.553. The van der Waals surface area contributed by atoms with Gasteiger partial charge < -0.3 is 10.6 Å². The Morgan fingerprint density at radius 2 is 1.00 bits per heavy atom. The Hall–Kier alpha value is -3.50. The Balaban J connectivity index is 1.80. The second kappa shape index (κ2) is 14.0. The molecule has 0 saturated heterocycles. The molecule has 10 nitrogen and oxygen atoms in total. The number of carbonyl (C=O) groups is 4. The first-order valence-corrected chi connectivity index (χ1v) is 11.7. The highest BCUT2D eigenvalue weighted by Crippen LogP contribution is 2.05. The number of carbonyl (C=O) groups excluding carboxylic acids is 4. The number of imide groups is 2. The standard InChI is InChI=1S/C25H34N6O4/c1-16(2)20(24(34)30-22(32)18-6-12-26-13-7-18)28-10-5-11-29-21(17(3)4)25(35)31-23(33)19-8-14-27-15-9-19/h6-9,12-17,20-21,28-29H,5,10-11H2,1-4H3,(H,30,32,34)(H,31,33,35). The topological polar surface area (TPSA) is 142 Å². The average molecular weight is 483 g/mol. The average Bonchev–Trinajstić information content (AvgIpc) is 2.83. The summed E-state index contributed by atoms with van der Waals surface area (Å²) in [5.74, 6) is -1.83. The van der Waals surface area contributed by atoms with E-state index in [2.05, 4.69) is 31.2 Å². The molecule has 2 atom stereocenters. The van der Waals surface area contributed by atoms with Gasteiger partial charge in [-0.25, -0.2) is 0 Å². The number of nitrogens with one attached hydrogen (secondary N) is 4. The van der Waals surface area contributed by atoms with Crippen LogP contribution in [0.3, 0.4) is 0 Å². The van der Waals surface area contributed by atoms with Crippen LogP contribution in [0.25, 0.3) is 0 Å². The Bertz CT molecular complexity index is 902. The van der Waals surface area contributed by atoms with Crippen molar-refractivity contribution >= 4 is 23.6 Å². The number of hydrogen-bond donors (Lipinski definition) is 4. The Kier molecular flexibility index (Phi) is 11.1. The number of pyridine rings is 2. The van der Waals surface area contributed by atoms with E-state index in [4.69, 9.17) is 0 Å². The first-order chi connectivity index (χ1) is 16.7. The van der Waals surface area contributed by atoms with Crippen LogP contribution in [-0.4, -0.2) is 58.8 Å². The van der Waals surface area contributed by atoms with Crippen LogP contribution in [0.15, 0.2) is 49.1 Å². The molecule has 0 aliphatic carbocycles. The highest BCUT2D eigenvalue weighted by molar-refractivity contribution is 6.06. The molecular weight excluding hydrogens is 448 g/mol. The second-order valence-corrected chi connectivity index (χ2v) is 8.81. The lowest BCUT2D eigenvalue weighted by molar-refractivity contribution is -0.123. The van der Waals surface area contributed by atoms with Crippen molar-refractivity contribution in [1.82, 2.24) is 31.2 Å². The molecule has 0 fully saturated rings. The fourth-order valence-electron chi connectivity index (χ4n) is 3.40. The number of rotatable bonds is 12. The van der Waals surface area contributed by atoms with E-state index < -0.39 is 35.7 Å². The van der Waals surface area contributed by atoms with Gasteiger partial charge in [0, 0.05) is 35.9 Å². The van der Waals surface area contributed by atoms with Crippen molar-refractivity contribution in [2.24, 2.45) is 11.8 Å². The van der Waals surface area contributed by atoms with Crippen molar-refractivity contribution in [2.45, 2.75) is 46.2 Å². The van der Waals surface area contributed by atoms with Crippen LogP contribution in [0.2, 0.25) is 0 Å². The highest BCUT2D eigenvalue weighted by Gasteiger charge is 2.25. The molecule has 2 aromatic rings. The molecule has 10 heteroatoms. The summed E-state index contributed by atoms with van der Waals surface area (Å²) in [5, 5.41) is 11.2. The lowest BCUT2D eigenvalue weighted by Crippen LogP contribution is -2.51. The third-order valence-corrected chi connectivity index (χ3v) is 5.34. The van der Waals surface area contributed by atoms with Gasteiger partial charge >= 0.3 is 0 Å². The zero-order chi connectivity index (χ0) is 25.8. The SMILES string of the molecule is CC(C)C(NCCCNC(C(=O)NC(=O)c1ccncc1)C(C)C)C(=O)NC(=O)c1ccncc1. The predicted octanol–water partition coefficient (Wildman–Crippen LogP) is 1.31. The minimum Gasteiger partial charge on any atom is -0.306 e. The number of aromatic nitrogens is 2. The van der Waals surface area contributed by atoms with Crippen molar-refractivity contribution < 1.29 is 19.2 Å². The Morgan fingerprint density at radius 1 is 0.657 bits per heavy atom. The third kappa shape index (κ3) is 8.99. The van der Waals surface area contributed by atoms with E-state index >= 15 is 0 Å². The fraction of sp³-hybridized carbons (Fsp3) is 0.440. The molecule has 0 bridgehead atoms. The van der Waals surface area contributed by atoms with Crippen molar-refractivity contribution in [2.75, 3.05) is 13.1 Å². The van der Waals surface area contributed by atoms with E-state index in [0.717, 1.165) is 0 Å². The molecule has 0 spiro atoms. The van der Waals surface area contributed by atoms with Crippen LogP contribution in [-0.2, 0) is 9.59 Å². The lowest BCUT2D eigenvalue weighted by Gasteiger charge is -2.23. The number of hydrogen-bond acceptors (Lipinski definition) is 8. The predicted molar refractivity (Wildman–Crippen MR) is 131 cm³/mol. The van der Waals surface area contributed by atoms with Crippen LogP contribution in [0.4, 0.5) is 0 Å². The zero-order valence-corrected chi connectivity index (χ0v) is 20.6. The normalized spacial score (nSPS) is 12.7. The Labute approximate surface area is 205 Å². The molecule has 2 unspecified atom stereocenters. The first-order valence-electron chi connectivity index (χ1n) is 11.7. The van der Waals surface area contributed by atoms with E-state index in [1.807, 2.05) is 27.7 Å². The molecule has 0 aliphatic rings. The molecule has 2 heterocycles. The zero-order valence-electron chi connectivity index (χ0n) is 20.6. The second-order valence-electron chi connectivity index (χ2n) is 8.81. The number of nitrogens with zero attached hydrogens (tertiary/aromatic N) is 2. The van der Waals surface area contributed by atoms with Crippen molar-refractivity contribution in [3.05, 3.63) is 60.2 Å². The molecular formula is C25H34N6O4. The summed E-state index contributed by atoms with van der Waals surface area (Å²) in [7, 11) is 0. The van der Waals surface area contributed by atoms with E-state index in [0.29, 0.717) is 30.6 Å². The van der Waals surface area contributed by atoms with Crippen LogP contribution in [0, 0.1) is 11.8 Å². The maximum atomic E-state index is 12.6. The van der Waals surface area contributed by atoms with Gasteiger partial charge in [0.2, 0.25) is 11.8 Å². The van der Waals surface area contributed by atoms with Gasteiger partial charge in [0.25, 0.3) is 11.8 Å². The molecule has 0 aliphatic heterocycles. The quantitative estimate of drug-likeness (QED) is 0.332. The van der Waals surface area contributed by atoms with Gasteiger partial charge in [0.05, 0.1) is 12.1 Å². The van der Waals surface area contributed by atoms with Crippen molar-refractivity contribution in [3.8, 4) is 0 Å². The van der Waals surface area contributed by atoms with Crippen molar-refractivity contribution in [3.63, 3.8) is 0 Å².